The van der Waals surface area contributed by atoms with Crippen LogP contribution in [-0.4, -0.2) is 11.5 Å². The molecule has 0 saturated heterocycles. The normalized spacial score (nSPS) is 13.4. The van der Waals surface area contributed by atoms with Crippen LogP contribution in [0.5, 0.6) is 0 Å². The Balaban J connectivity index is 2.55. The molecule has 0 aliphatic carbocycles. The van der Waals surface area contributed by atoms with Gasteiger partial charge in [0.1, 0.15) is 0 Å². The minimum absolute atomic E-state index is 0.424. The summed E-state index contributed by atoms with van der Waals surface area (Å²) < 4.78 is 0. The van der Waals surface area contributed by atoms with Gasteiger partial charge in [-0.2, -0.15) is 0 Å². The van der Waals surface area contributed by atoms with Crippen LogP contribution in [0.3, 0.4) is 0 Å². The maximum absolute atomic E-state index is 4.19. The van der Waals surface area contributed by atoms with Crippen LogP contribution < -0.4 is 5.32 Å². The molecule has 0 radical (unpaired) electrons. The molecule has 2 heteroatoms. The summed E-state index contributed by atoms with van der Waals surface area (Å²) in [7, 11) is 0. The fraction of sp³-hybridized carbons (Fsp3) is 0.643. The third-order valence-corrected chi connectivity index (χ3v) is 2.80. The number of hydrogen-bond donors (Lipinski definition) is 1. The zero-order chi connectivity index (χ0) is 12.0. The van der Waals surface area contributed by atoms with Gasteiger partial charge < -0.3 is 5.32 Å². The highest BCUT2D eigenvalue weighted by Gasteiger charge is 2.14. The number of aromatic nitrogens is 1. The molecule has 0 aromatic carbocycles. The summed E-state index contributed by atoms with van der Waals surface area (Å²) in [5, 5.41) is 3.63. The summed E-state index contributed by atoms with van der Waals surface area (Å²) in [6.07, 6.45) is 5.02. The average molecular weight is 220 g/mol. The molecule has 0 saturated carbocycles. The van der Waals surface area contributed by atoms with Gasteiger partial charge in [0.15, 0.2) is 0 Å². The van der Waals surface area contributed by atoms with Crippen LogP contribution >= 0.6 is 0 Å². The van der Waals surface area contributed by atoms with E-state index in [4.69, 9.17) is 0 Å². The lowest BCUT2D eigenvalue weighted by atomic mass is 9.97. The van der Waals surface area contributed by atoms with Crippen LogP contribution in [0.2, 0.25) is 0 Å². The van der Waals surface area contributed by atoms with Crippen molar-refractivity contribution in [2.24, 2.45) is 11.8 Å². The minimum atomic E-state index is 0.424. The molecule has 1 aromatic heterocycles. The van der Waals surface area contributed by atoms with Crippen molar-refractivity contribution < 1.29 is 0 Å². The molecule has 90 valence electrons. The van der Waals surface area contributed by atoms with Crippen molar-refractivity contribution in [3.63, 3.8) is 0 Å². The van der Waals surface area contributed by atoms with E-state index < -0.39 is 0 Å². The fourth-order valence-electron chi connectivity index (χ4n) is 1.83. The van der Waals surface area contributed by atoms with Gasteiger partial charge in [0.25, 0.3) is 0 Å². The van der Waals surface area contributed by atoms with E-state index in [0.717, 1.165) is 12.5 Å². The Morgan fingerprint density at radius 2 is 2.00 bits per heavy atom. The van der Waals surface area contributed by atoms with Crippen molar-refractivity contribution in [2.45, 2.75) is 40.2 Å². The van der Waals surface area contributed by atoms with Crippen molar-refractivity contribution >= 4 is 0 Å². The molecule has 16 heavy (non-hydrogen) atoms. The standard InChI is InChI=1S/C14H24N2/c1-11(2)7-9-16-14(12(3)4)13-6-5-8-15-10-13/h5-6,8,10-12,14,16H,7,9H2,1-4H3. The summed E-state index contributed by atoms with van der Waals surface area (Å²) in [6, 6.07) is 4.59. The van der Waals surface area contributed by atoms with Crippen LogP contribution in [0.1, 0.15) is 45.7 Å². The maximum Gasteiger partial charge on any atom is 0.0358 e. The number of nitrogens with zero attached hydrogens (tertiary/aromatic N) is 1. The summed E-state index contributed by atoms with van der Waals surface area (Å²) in [4.78, 5) is 4.19. The van der Waals surface area contributed by atoms with E-state index in [1.165, 1.54) is 12.0 Å². The monoisotopic (exact) mass is 220 g/mol. The molecule has 0 spiro atoms. The van der Waals surface area contributed by atoms with E-state index in [2.05, 4.69) is 44.1 Å². The van der Waals surface area contributed by atoms with Gasteiger partial charge >= 0.3 is 0 Å². The number of hydrogen-bond acceptors (Lipinski definition) is 2. The zero-order valence-electron chi connectivity index (χ0n) is 10.9. The second-order valence-corrected chi connectivity index (χ2v) is 5.14. The van der Waals surface area contributed by atoms with E-state index in [0.29, 0.717) is 12.0 Å². The first-order chi connectivity index (χ1) is 7.61. The smallest absolute Gasteiger partial charge is 0.0358 e. The molecule has 1 rings (SSSR count). The van der Waals surface area contributed by atoms with Gasteiger partial charge in [0.2, 0.25) is 0 Å². The quantitative estimate of drug-likeness (QED) is 0.794. The first-order valence-corrected chi connectivity index (χ1v) is 6.24. The van der Waals surface area contributed by atoms with Crippen molar-refractivity contribution in [3.8, 4) is 0 Å². The molecule has 1 heterocycles. The fourth-order valence-corrected chi connectivity index (χ4v) is 1.83. The summed E-state index contributed by atoms with van der Waals surface area (Å²) in [5.41, 5.74) is 1.29. The summed E-state index contributed by atoms with van der Waals surface area (Å²) >= 11 is 0. The van der Waals surface area contributed by atoms with E-state index in [9.17, 15) is 0 Å². The largest absolute Gasteiger partial charge is 0.310 e. The zero-order valence-corrected chi connectivity index (χ0v) is 10.9. The topological polar surface area (TPSA) is 24.9 Å². The van der Waals surface area contributed by atoms with Crippen LogP contribution in [-0.2, 0) is 0 Å². The highest BCUT2D eigenvalue weighted by Crippen LogP contribution is 2.20. The molecule has 1 aromatic rings. The predicted molar refractivity (Wildman–Crippen MR) is 69.3 cm³/mol. The highest BCUT2D eigenvalue weighted by molar-refractivity contribution is 5.14. The lowest BCUT2D eigenvalue weighted by molar-refractivity contribution is 0.394. The molecule has 2 nitrogen and oxygen atoms in total. The third kappa shape index (κ3) is 4.31. The second-order valence-electron chi connectivity index (χ2n) is 5.14. The van der Waals surface area contributed by atoms with Gasteiger partial charge in [-0.15, -0.1) is 0 Å². The molecule has 1 unspecified atom stereocenters. The van der Waals surface area contributed by atoms with Crippen LogP contribution in [0, 0.1) is 11.8 Å². The Labute approximate surface area is 99.5 Å². The van der Waals surface area contributed by atoms with Crippen molar-refractivity contribution in [1.29, 1.82) is 0 Å². The number of rotatable bonds is 6. The molecule has 1 atom stereocenters. The average Bonchev–Trinajstić information content (AvgIpc) is 2.25. The molecule has 0 amide bonds. The molecule has 1 N–H and O–H groups in total. The van der Waals surface area contributed by atoms with Gasteiger partial charge in [0.05, 0.1) is 0 Å². The molecule has 0 bridgehead atoms. The third-order valence-electron chi connectivity index (χ3n) is 2.80. The number of nitrogens with one attached hydrogen (secondary N) is 1. The minimum Gasteiger partial charge on any atom is -0.310 e. The van der Waals surface area contributed by atoms with E-state index in [-0.39, 0.29) is 0 Å². The highest BCUT2D eigenvalue weighted by atomic mass is 14.9. The molecule has 0 aliphatic heterocycles. The molecular weight excluding hydrogens is 196 g/mol. The Bertz CT molecular complexity index is 280. The Morgan fingerprint density at radius 1 is 1.25 bits per heavy atom. The second kappa shape index (κ2) is 6.64. The van der Waals surface area contributed by atoms with Gasteiger partial charge in [0, 0.05) is 18.4 Å². The van der Waals surface area contributed by atoms with Gasteiger partial charge in [-0.05, 0) is 36.4 Å². The van der Waals surface area contributed by atoms with Gasteiger partial charge in [-0.3, -0.25) is 4.98 Å². The molecular formula is C14H24N2. The Morgan fingerprint density at radius 3 is 2.50 bits per heavy atom. The van der Waals surface area contributed by atoms with Gasteiger partial charge in [-0.1, -0.05) is 33.8 Å². The molecule has 0 aliphatic rings. The Hall–Kier alpha value is -0.890. The lowest BCUT2D eigenvalue weighted by Crippen LogP contribution is -2.27. The first-order valence-electron chi connectivity index (χ1n) is 6.24. The maximum atomic E-state index is 4.19. The first kappa shape index (κ1) is 13.2. The van der Waals surface area contributed by atoms with Gasteiger partial charge in [-0.25, -0.2) is 0 Å². The molecule has 0 fully saturated rings. The van der Waals surface area contributed by atoms with Crippen LogP contribution in [0.15, 0.2) is 24.5 Å². The van der Waals surface area contributed by atoms with Crippen molar-refractivity contribution in [3.05, 3.63) is 30.1 Å². The van der Waals surface area contributed by atoms with Crippen LogP contribution in [0.25, 0.3) is 0 Å². The van der Waals surface area contributed by atoms with Crippen molar-refractivity contribution in [2.75, 3.05) is 6.54 Å². The van der Waals surface area contributed by atoms with Crippen LogP contribution in [0.4, 0.5) is 0 Å². The SMILES string of the molecule is CC(C)CCNC(c1cccnc1)C(C)C. The number of pyridine rings is 1. The van der Waals surface area contributed by atoms with Crippen molar-refractivity contribution in [1.82, 2.24) is 10.3 Å². The lowest BCUT2D eigenvalue weighted by Gasteiger charge is -2.23. The van der Waals surface area contributed by atoms with E-state index >= 15 is 0 Å². The predicted octanol–water partition coefficient (Wildman–Crippen LogP) is 3.41. The van der Waals surface area contributed by atoms with E-state index in [1.54, 1.807) is 0 Å². The summed E-state index contributed by atoms with van der Waals surface area (Å²) in [6.45, 7) is 10.1. The van der Waals surface area contributed by atoms with E-state index in [1.807, 2.05) is 18.5 Å². The summed E-state index contributed by atoms with van der Waals surface area (Å²) in [5.74, 6) is 1.35. The Kier molecular flexibility index (Phi) is 5.47.